The Labute approximate surface area is 99.9 Å². The number of ether oxygens (including phenoxy) is 1. The molecule has 0 radical (unpaired) electrons. The van der Waals surface area contributed by atoms with Crippen molar-refractivity contribution in [3.05, 3.63) is 28.6 Å². The summed E-state index contributed by atoms with van der Waals surface area (Å²) in [5, 5.41) is 0.297. The molecule has 1 heterocycles. The Balaban J connectivity index is 3.47. The molecule has 88 valence electrons. The van der Waals surface area contributed by atoms with Crippen molar-refractivity contribution in [3.63, 3.8) is 0 Å². The summed E-state index contributed by atoms with van der Waals surface area (Å²) in [7, 11) is 1.15. The molecular formula is C10H10BrF2NO2. The molecule has 0 saturated carbocycles. The van der Waals surface area contributed by atoms with Crippen LogP contribution in [0.25, 0.3) is 0 Å². The van der Waals surface area contributed by atoms with Gasteiger partial charge in [-0.3, -0.25) is 4.98 Å². The largest absolute Gasteiger partial charge is 0.465 e. The molecule has 0 atom stereocenters. The summed E-state index contributed by atoms with van der Waals surface area (Å²) in [6, 6.07) is 0. The summed E-state index contributed by atoms with van der Waals surface area (Å²) in [5.41, 5.74) is 0.472. The fourth-order valence-corrected chi connectivity index (χ4v) is 2.05. The normalized spacial score (nSPS) is 10.6. The molecule has 0 aromatic carbocycles. The third-order valence-corrected chi connectivity index (χ3v) is 2.72. The number of rotatable bonds is 3. The maximum Gasteiger partial charge on any atom is 0.340 e. The van der Waals surface area contributed by atoms with E-state index < -0.39 is 18.1 Å². The van der Waals surface area contributed by atoms with E-state index in [9.17, 15) is 13.6 Å². The average Bonchev–Trinajstić information content (AvgIpc) is 2.27. The lowest BCUT2D eigenvalue weighted by Crippen LogP contribution is -2.12. The smallest absolute Gasteiger partial charge is 0.340 e. The molecule has 0 N–H and O–H groups in total. The zero-order chi connectivity index (χ0) is 12.3. The molecule has 0 fully saturated rings. The van der Waals surface area contributed by atoms with Gasteiger partial charge in [0.15, 0.2) is 0 Å². The first-order chi connectivity index (χ1) is 7.52. The minimum atomic E-state index is -2.80. The predicted octanol–water partition coefficient (Wildman–Crippen LogP) is 3.01. The fourth-order valence-electron chi connectivity index (χ4n) is 1.33. The maximum absolute atomic E-state index is 12.7. The van der Waals surface area contributed by atoms with E-state index in [1.165, 1.54) is 6.20 Å². The number of aryl methyl sites for hydroxylation is 1. The number of hydrogen-bond acceptors (Lipinski definition) is 3. The number of halogens is 3. The molecule has 1 aromatic rings. The molecule has 0 amide bonds. The molecule has 0 aliphatic heterocycles. The number of aromatic nitrogens is 1. The minimum absolute atomic E-state index is 0.144. The van der Waals surface area contributed by atoms with Crippen molar-refractivity contribution in [3.8, 4) is 0 Å². The van der Waals surface area contributed by atoms with Crippen LogP contribution in [0.3, 0.4) is 0 Å². The quantitative estimate of drug-likeness (QED) is 0.635. The van der Waals surface area contributed by atoms with Gasteiger partial charge in [0.05, 0.1) is 12.7 Å². The number of methoxy groups -OCH3 is 1. The zero-order valence-electron chi connectivity index (χ0n) is 8.76. The van der Waals surface area contributed by atoms with E-state index in [2.05, 4.69) is 25.7 Å². The van der Waals surface area contributed by atoms with Gasteiger partial charge in [0.1, 0.15) is 5.69 Å². The van der Waals surface area contributed by atoms with Gasteiger partial charge in [0.25, 0.3) is 6.43 Å². The van der Waals surface area contributed by atoms with Crippen LogP contribution >= 0.6 is 15.9 Å². The van der Waals surface area contributed by atoms with Gasteiger partial charge < -0.3 is 4.74 Å². The minimum Gasteiger partial charge on any atom is -0.465 e. The summed E-state index contributed by atoms with van der Waals surface area (Å²) in [4.78, 5) is 15.0. The number of nitrogens with zero attached hydrogens (tertiary/aromatic N) is 1. The number of carbonyl (C=O) groups is 1. The van der Waals surface area contributed by atoms with Crippen LogP contribution in [-0.4, -0.2) is 18.1 Å². The first-order valence-corrected chi connectivity index (χ1v) is 5.55. The number of pyridine rings is 1. The van der Waals surface area contributed by atoms with Gasteiger partial charge in [0.2, 0.25) is 0 Å². The van der Waals surface area contributed by atoms with Crippen LogP contribution in [0.4, 0.5) is 8.78 Å². The molecule has 16 heavy (non-hydrogen) atoms. The van der Waals surface area contributed by atoms with Crippen molar-refractivity contribution in [1.82, 2.24) is 4.98 Å². The van der Waals surface area contributed by atoms with Crippen LogP contribution in [0, 0.1) is 6.92 Å². The van der Waals surface area contributed by atoms with Gasteiger partial charge in [-0.05, 0) is 18.1 Å². The first-order valence-electron chi connectivity index (χ1n) is 4.43. The molecule has 0 spiro atoms. The lowest BCUT2D eigenvalue weighted by molar-refractivity contribution is 0.0586. The van der Waals surface area contributed by atoms with E-state index in [0.717, 1.165) is 7.11 Å². The Morgan fingerprint density at radius 3 is 2.69 bits per heavy atom. The van der Waals surface area contributed by atoms with Crippen molar-refractivity contribution in [2.75, 3.05) is 7.11 Å². The van der Waals surface area contributed by atoms with Gasteiger partial charge in [-0.2, -0.15) is 0 Å². The Bertz CT molecular complexity index is 410. The van der Waals surface area contributed by atoms with Gasteiger partial charge in [-0.1, -0.05) is 15.9 Å². The van der Waals surface area contributed by atoms with Crippen molar-refractivity contribution in [2.24, 2.45) is 0 Å². The summed E-state index contributed by atoms with van der Waals surface area (Å²) >= 11 is 3.16. The maximum atomic E-state index is 12.7. The van der Waals surface area contributed by atoms with Crippen LogP contribution < -0.4 is 0 Å². The van der Waals surface area contributed by atoms with E-state index in [1.54, 1.807) is 6.92 Å². The van der Waals surface area contributed by atoms with E-state index in [4.69, 9.17) is 0 Å². The Kier molecular flexibility index (Phi) is 4.35. The fraction of sp³-hybridized carbons (Fsp3) is 0.400. The molecule has 1 aromatic heterocycles. The lowest BCUT2D eigenvalue weighted by atomic mass is 10.0. The molecule has 0 saturated heterocycles. The zero-order valence-corrected chi connectivity index (χ0v) is 10.3. The average molecular weight is 294 g/mol. The van der Waals surface area contributed by atoms with Crippen LogP contribution in [0.5, 0.6) is 0 Å². The summed E-state index contributed by atoms with van der Waals surface area (Å²) in [6.07, 6.45) is -1.47. The molecule has 0 aliphatic carbocycles. The highest BCUT2D eigenvalue weighted by molar-refractivity contribution is 9.08. The standard InChI is InChI=1S/C10H10BrF2NO2/c1-5-4-14-8(9(12)13)7(6(5)3-11)10(15)16-2/h4,9H,3H2,1-2H3. The number of carbonyl (C=O) groups excluding carboxylic acids is 1. The monoisotopic (exact) mass is 293 g/mol. The Morgan fingerprint density at radius 1 is 1.62 bits per heavy atom. The van der Waals surface area contributed by atoms with Gasteiger partial charge in [-0.25, -0.2) is 13.6 Å². The van der Waals surface area contributed by atoms with E-state index in [-0.39, 0.29) is 5.56 Å². The van der Waals surface area contributed by atoms with Crippen LogP contribution in [0.15, 0.2) is 6.20 Å². The highest BCUT2D eigenvalue weighted by Crippen LogP contribution is 2.27. The number of alkyl halides is 3. The van der Waals surface area contributed by atoms with Crippen LogP contribution in [-0.2, 0) is 10.1 Å². The topological polar surface area (TPSA) is 39.2 Å². The second kappa shape index (κ2) is 5.34. The molecule has 0 bridgehead atoms. The SMILES string of the molecule is COC(=O)c1c(C(F)F)ncc(C)c1CBr. The van der Waals surface area contributed by atoms with Gasteiger partial charge >= 0.3 is 5.97 Å². The van der Waals surface area contributed by atoms with E-state index >= 15 is 0 Å². The molecule has 6 heteroatoms. The highest BCUT2D eigenvalue weighted by Gasteiger charge is 2.24. The molecule has 1 rings (SSSR count). The second-order valence-electron chi connectivity index (χ2n) is 3.11. The second-order valence-corrected chi connectivity index (χ2v) is 3.67. The molecule has 0 aliphatic rings. The van der Waals surface area contributed by atoms with Crippen LogP contribution in [0.2, 0.25) is 0 Å². The number of esters is 1. The van der Waals surface area contributed by atoms with Crippen molar-refractivity contribution in [1.29, 1.82) is 0 Å². The third-order valence-electron chi connectivity index (χ3n) is 2.16. The Morgan fingerprint density at radius 2 is 2.25 bits per heavy atom. The van der Waals surface area contributed by atoms with Gasteiger partial charge in [-0.15, -0.1) is 0 Å². The molecule has 0 unspecified atom stereocenters. The number of hydrogen-bond donors (Lipinski definition) is 0. The van der Waals surface area contributed by atoms with Crippen molar-refractivity contribution >= 4 is 21.9 Å². The molecule has 3 nitrogen and oxygen atoms in total. The summed E-state index contributed by atoms with van der Waals surface area (Å²) in [5.74, 6) is -0.791. The molecular weight excluding hydrogens is 284 g/mol. The first kappa shape index (κ1) is 13.0. The summed E-state index contributed by atoms with van der Waals surface area (Å²) in [6.45, 7) is 1.70. The van der Waals surface area contributed by atoms with Gasteiger partial charge in [0, 0.05) is 11.5 Å². The summed E-state index contributed by atoms with van der Waals surface area (Å²) < 4.78 is 29.9. The lowest BCUT2D eigenvalue weighted by Gasteiger charge is -2.12. The van der Waals surface area contributed by atoms with Crippen molar-refractivity contribution < 1.29 is 18.3 Å². The van der Waals surface area contributed by atoms with Crippen LogP contribution in [0.1, 0.15) is 33.6 Å². The highest BCUT2D eigenvalue weighted by atomic mass is 79.9. The third kappa shape index (κ3) is 2.37. The predicted molar refractivity (Wildman–Crippen MR) is 57.9 cm³/mol. The Hall–Kier alpha value is -1.04. The van der Waals surface area contributed by atoms with Crippen molar-refractivity contribution in [2.45, 2.75) is 18.7 Å². The van der Waals surface area contributed by atoms with E-state index in [0.29, 0.717) is 16.5 Å². The van der Waals surface area contributed by atoms with E-state index in [1.807, 2.05) is 0 Å².